The van der Waals surface area contributed by atoms with Gasteiger partial charge < -0.3 is 0 Å². The average Bonchev–Trinajstić information content (AvgIpc) is 2.01. The molecule has 1 rings (SSSR count). The number of hydrogen-bond donors (Lipinski definition) is 1. The van der Waals surface area contributed by atoms with Crippen LogP contribution in [0.5, 0.6) is 0 Å². The van der Waals surface area contributed by atoms with Crippen LogP contribution in [0.4, 0.5) is 8.78 Å². The molecule has 66 valence electrons. The Morgan fingerprint density at radius 2 is 1.92 bits per heavy atom. The molecule has 0 atom stereocenters. The third kappa shape index (κ3) is 1.91. The molecule has 0 aliphatic carbocycles. The van der Waals surface area contributed by atoms with Crippen LogP contribution in [0.3, 0.4) is 0 Å². The minimum absolute atomic E-state index is 0.0456. The standard InChI is InChI=1S/C7H6ClF2NO/c8-5-2-7(10)6(9)1-4(5)3-12-11/h1-2H,3,11H2. The molecule has 0 aliphatic rings. The fourth-order valence-electron chi connectivity index (χ4n) is 0.764. The van der Waals surface area contributed by atoms with Crippen molar-refractivity contribution in [1.82, 2.24) is 0 Å². The van der Waals surface area contributed by atoms with Gasteiger partial charge in [0, 0.05) is 10.6 Å². The molecule has 2 N–H and O–H groups in total. The maximum Gasteiger partial charge on any atom is 0.160 e. The van der Waals surface area contributed by atoms with E-state index in [9.17, 15) is 8.78 Å². The fourth-order valence-corrected chi connectivity index (χ4v) is 0.969. The Hall–Kier alpha value is -0.710. The predicted octanol–water partition coefficient (Wildman–Crippen LogP) is 2.01. The summed E-state index contributed by atoms with van der Waals surface area (Å²) in [5, 5.41) is 0.0966. The lowest BCUT2D eigenvalue weighted by atomic mass is 10.2. The van der Waals surface area contributed by atoms with Crippen LogP contribution in [0, 0.1) is 11.6 Å². The van der Waals surface area contributed by atoms with Crippen molar-refractivity contribution in [3.63, 3.8) is 0 Å². The Balaban J connectivity index is 3.05. The summed E-state index contributed by atoms with van der Waals surface area (Å²) in [4.78, 5) is 4.23. The van der Waals surface area contributed by atoms with Crippen molar-refractivity contribution in [2.45, 2.75) is 6.61 Å². The predicted molar refractivity (Wildman–Crippen MR) is 40.3 cm³/mol. The molecule has 0 spiro atoms. The zero-order chi connectivity index (χ0) is 9.14. The van der Waals surface area contributed by atoms with E-state index in [0.29, 0.717) is 5.56 Å². The molecule has 0 radical (unpaired) electrons. The van der Waals surface area contributed by atoms with Crippen molar-refractivity contribution in [3.05, 3.63) is 34.4 Å². The molecule has 2 nitrogen and oxygen atoms in total. The van der Waals surface area contributed by atoms with E-state index in [1.165, 1.54) is 0 Å². The maximum atomic E-state index is 12.6. The number of benzene rings is 1. The van der Waals surface area contributed by atoms with Gasteiger partial charge in [0.1, 0.15) is 0 Å². The van der Waals surface area contributed by atoms with E-state index in [-0.39, 0.29) is 11.6 Å². The van der Waals surface area contributed by atoms with E-state index in [4.69, 9.17) is 17.5 Å². The van der Waals surface area contributed by atoms with Crippen LogP contribution < -0.4 is 5.90 Å². The van der Waals surface area contributed by atoms with Gasteiger partial charge >= 0.3 is 0 Å². The summed E-state index contributed by atoms with van der Waals surface area (Å²) in [6, 6.07) is 1.83. The van der Waals surface area contributed by atoms with E-state index in [2.05, 4.69) is 4.84 Å². The van der Waals surface area contributed by atoms with Gasteiger partial charge in [0.05, 0.1) is 6.61 Å². The minimum Gasteiger partial charge on any atom is -0.300 e. The van der Waals surface area contributed by atoms with Crippen molar-refractivity contribution in [1.29, 1.82) is 0 Å². The minimum atomic E-state index is -0.985. The SMILES string of the molecule is NOCc1cc(F)c(F)cc1Cl. The van der Waals surface area contributed by atoms with Crippen LogP contribution in [-0.2, 0) is 11.4 Å². The monoisotopic (exact) mass is 193 g/mol. The Labute approximate surface area is 72.8 Å². The molecule has 0 unspecified atom stereocenters. The molecule has 0 saturated heterocycles. The molecule has 0 amide bonds. The zero-order valence-electron chi connectivity index (χ0n) is 5.98. The third-order valence-corrected chi connectivity index (χ3v) is 1.68. The van der Waals surface area contributed by atoms with Gasteiger partial charge in [-0.25, -0.2) is 14.7 Å². The first kappa shape index (κ1) is 9.38. The highest BCUT2D eigenvalue weighted by molar-refractivity contribution is 6.31. The lowest BCUT2D eigenvalue weighted by Crippen LogP contribution is -2.00. The van der Waals surface area contributed by atoms with Gasteiger partial charge in [-0.15, -0.1) is 0 Å². The molecule has 0 aliphatic heterocycles. The third-order valence-electron chi connectivity index (χ3n) is 1.33. The molecular formula is C7H6ClF2NO. The summed E-state index contributed by atoms with van der Waals surface area (Å²) in [5.74, 6) is 2.79. The van der Waals surface area contributed by atoms with Crippen LogP contribution in [0.1, 0.15) is 5.56 Å². The molecule has 0 bridgehead atoms. The number of nitrogens with two attached hydrogens (primary N) is 1. The Morgan fingerprint density at radius 3 is 2.50 bits per heavy atom. The number of hydrogen-bond acceptors (Lipinski definition) is 2. The highest BCUT2D eigenvalue weighted by atomic mass is 35.5. The fraction of sp³-hybridized carbons (Fsp3) is 0.143. The van der Waals surface area contributed by atoms with Crippen LogP contribution in [0.15, 0.2) is 12.1 Å². The molecule has 0 fully saturated rings. The van der Waals surface area contributed by atoms with Gasteiger partial charge in [-0.2, -0.15) is 0 Å². The summed E-state index contributed by atoms with van der Waals surface area (Å²) >= 11 is 5.54. The maximum absolute atomic E-state index is 12.6. The van der Waals surface area contributed by atoms with E-state index >= 15 is 0 Å². The summed E-state index contributed by atoms with van der Waals surface area (Å²) in [6.45, 7) is -0.0456. The van der Waals surface area contributed by atoms with Crippen LogP contribution in [0.25, 0.3) is 0 Å². The molecule has 1 aromatic carbocycles. The largest absolute Gasteiger partial charge is 0.300 e. The van der Waals surface area contributed by atoms with Crippen LogP contribution >= 0.6 is 11.6 Å². The quantitative estimate of drug-likeness (QED) is 0.576. The highest BCUT2D eigenvalue weighted by Gasteiger charge is 2.07. The molecule has 1 aromatic rings. The summed E-state index contributed by atoms with van der Waals surface area (Å²) in [5.41, 5.74) is 0.318. The summed E-state index contributed by atoms with van der Waals surface area (Å²) in [7, 11) is 0. The highest BCUT2D eigenvalue weighted by Crippen LogP contribution is 2.20. The molecule has 0 aromatic heterocycles. The van der Waals surface area contributed by atoms with Crippen LogP contribution in [0.2, 0.25) is 5.02 Å². The first-order valence-electron chi connectivity index (χ1n) is 3.10. The van der Waals surface area contributed by atoms with Gasteiger partial charge in [0.25, 0.3) is 0 Å². The second kappa shape index (κ2) is 3.80. The Morgan fingerprint density at radius 1 is 1.33 bits per heavy atom. The van der Waals surface area contributed by atoms with Crippen molar-refractivity contribution < 1.29 is 13.6 Å². The van der Waals surface area contributed by atoms with E-state index in [1.807, 2.05) is 0 Å². The van der Waals surface area contributed by atoms with Crippen molar-refractivity contribution in [2.24, 2.45) is 5.90 Å². The normalized spacial score (nSPS) is 10.3. The molecular weight excluding hydrogens is 188 g/mol. The van der Waals surface area contributed by atoms with E-state index < -0.39 is 11.6 Å². The summed E-state index contributed by atoms with van der Waals surface area (Å²) in [6.07, 6.45) is 0. The van der Waals surface area contributed by atoms with E-state index in [1.54, 1.807) is 0 Å². The molecule has 0 heterocycles. The summed E-state index contributed by atoms with van der Waals surface area (Å²) < 4.78 is 25.0. The van der Waals surface area contributed by atoms with Crippen molar-refractivity contribution in [2.75, 3.05) is 0 Å². The van der Waals surface area contributed by atoms with Gasteiger partial charge in [-0.1, -0.05) is 11.6 Å². The topological polar surface area (TPSA) is 35.2 Å². The first-order valence-corrected chi connectivity index (χ1v) is 3.48. The van der Waals surface area contributed by atoms with Crippen molar-refractivity contribution in [3.8, 4) is 0 Å². The van der Waals surface area contributed by atoms with Gasteiger partial charge in [-0.3, -0.25) is 4.84 Å². The van der Waals surface area contributed by atoms with Gasteiger partial charge in [-0.05, 0) is 12.1 Å². The number of halogens is 3. The van der Waals surface area contributed by atoms with Crippen molar-refractivity contribution >= 4 is 11.6 Å². The molecule has 5 heteroatoms. The molecule has 0 saturated carbocycles. The lowest BCUT2D eigenvalue weighted by Gasteiger charge is -2.02. The van der Waals surface area contributed by atoms with E-state index in [0.717, 1.165) is 12.1 Å². The Kier molecular flexibility index (Phi) is 2.97. The molecule has 12 heavy (non-hydrogen) atoms. The first-order chi connectivity index (χ1) is 5.65. The Bertz CT molecular complexity index is 293. The second-order valence-corrected chi connectivity index (χ2v) is 2.58. The smallest absolute Gasteiger partial charge is 0.160 e. The van der Waals surface area contributed by atoms with Crippen LogP contribution in [-0.4, -0.2) is 0 Å². The van der Waals surface area contributed by atoms with Gasteiger partial charge in [0.15, 0.2) is 11.6 Å². The average molecular weight is 194 g/mol. The second-order valence-electron chi connectivity index (χ2n) is 2.17. The zero-order valence-corrected chi connectivity index (χ0v) is 6.74. The lowest BCUT2D eigenvalue weighted by molar-refractivity contribution is 0.124. The van der Waals surface area contributed by atoms with Gasteiger partial charge in [0.2, 0.25) is 0 Å². The number of rotatable bonds is 2.